The second kappa shape index (κ2) is 6.50. The Morgan fingerprint density at radius 3 is 2.61 bits per heavy atom. The lowest BCUT2D eigenvalue weighted by Crippen LogP contribution is -2.40. The van der Waals surface area contributed by atoms with E-state index in [4.69, 9.17) is 5.73 Å². The van der Waals surface area contributed by atoms with E-state index in [1.165, 1.54) is 5.56 Å². The van der Waals surface area contributed by atoms with Crippen molar-refractivity contribution in [1.29, 1.82) is 0 Å². The van der Waals surface area contributed by atoms with Crippen LogP contribution in [0.1, 0.15) is 24.8 Å². The number of likely N-dealkylation sites (tertiary alicyclic amines) is 1. The number of nitrogens with two attached hydrogens (primary N) is 1. The third-order valence-electron chi connectivity index (χ3n) is 3.68. The number of aryl methyl sites for hydroxylation is 1. The summed E-state index contributed by atoms with van der Waals surface area (Å²) in [6.07, 6.45) is 7.05. The number of pyridine rings is 1. The van der Waals surface area contributed by atoms with E-state index < -0.39 is 0 Å². The first-order chi connectivity index (χ1) is 8.79. The van der Waals surface area contributed by atoms with Crippen molar-refractivity contribution in [3.05, 3.63) is 30.1 Å². The molecule has 0 aliphatic carbocycles. The highest BCUT2D eigenvalue weighted by molar-refractivity contribution is 5.76. The average Bonchev–Trinajstić information content (AvgIpc) is 2.46. The smallest absolute Gasteiger partial charge is 0.222 e. The molecule has 1 aliphatic rings. The molecular formula is C14H21N3O. The zero-order valence-corrected chi connectivity index (χ0v) is 10.7. The Balaban J connectivity index is 1.75. The molecule has 4 heteroatoms. The highest BCUT2D eigenvalue weighted by Crippen LogP contribution is 2.16. The number of rotatable bonds is 4. The van der Waals surface area contributed by atoms with Crippen molar-refractivity contribution in [2.45, 2.75) is 25.7 Å². The lowest BCUT2D eigenvalue weighted by molar-refractivity contribution is -0.132. The van der Waals surface area contributed by atoms with Gasteiger partial charge in [-0.2, -0.15) is 0 Å². The van der Waals surface area contributed by atoms with Crippen LogP contribution in [0.2, 0.25) is 0 Å². The van der Waals surface area contributed by atoms with Crippen molar-refractivity contribution < 1.29 is 4.79 Å². The summed E-state index contributed by atoms with van der Waals surface area (Å²) in [5, 5.41) is 0. The van der Waals surface area contributed by atoms with Crippen molar-refractivity contribution in [2.75, 3.05) is 19.6 Å². The van der Waals surface area contributed by atoms with Crippen LogP contribution in [-0.4, -0.2) is 35.4 Å². The van der Waals surface area contributed by atoms with Crippen LogP contribution in [0.4, 0.5) is 0 Å². The molecule has 1 aromatic rings. The van der Waals surface area contributed by atoms with E-state index in [-0.39, 0.29) is 5.91 Å². The van der Waals surface area contributed by atoms with E-state index in [0.717, 1.165) is 38.9 Å². The molecule has 1 fully saturated rings. The second-order valence-corrected chi connectivity index (χ2v) is 4.92. The summed E-state index contributed by atoms with van der Waals surface area (Å²) in [6, 6.07) is 3.93. The number of piperidine rings is 1. The lowest BCUT2D eigenvalue weighted by Gasteiger charge is -2.31. The van der Waals surface area contributed by atoms with E-state index in [0.29, 0.717) is 12.3 Å². The summed E-state index contributed by atoms with van der Waals surface area (Å²) in [4.78, 5) is 18.0. The maximum Gasteiger partial charge on any atom is 0.222 e. The zero-order valence-electron chi connectivity index (χ0n) is 10.7. The van der Waals surface area contributed by atoms with Crippen LogP contribution in [0.15, 0.2) is 24.5 Å². The summed E-state index contributed by atoms with van der Waals surface area (Å²) in [5.74, 6) is 0.872. The number of nitrogens with zero attached hydrogens (tertiary/aromatic N) is 2. The molecule has 1 aromatic heterocycles. The number of hydrogen-bond donors (Lipinski definition) is 1. The molecular weight excluding hydrogens is 226 g/mol. The van der Waals surface area contributed by atoms with Crippen molar-refractivity contribution in [3.63, 3.8) is 0 Å². The molecule has 0 aromatic carbocycles. The Morgan fingerprint density at radius 2 is 2.00 bits per heavy atom. The fourth-order valence-electron chi connectivity index (χ4n) is 2.38. The Morgan fingerprint density at radius 1 is 1.33 bits per heavy atom. The highest BCUT2D eigenvalue weighted by atomic mass is 16.2. The number of aromatic nitrogens is 1. The van der Waals surface area contributed by atoms with Gasteiger partial charge in [-0.05, 0) is 49.4 Å². The van der Waals surface area contributed by atoms with Gasteiger partial charge < -0.3 is 10.6 Å². The normalized spacial score (nSPS) is 16.8. The standard InChI is InChI=1S/C14H21N3O/c15-11-13-5-9-17(10-6-13)14(18)2-1-12-3-7-16-8-4-12/h3-4,7-8,13H,1-2,5-6,9-11,15H2. The molecule has 2 heterocycles. The summed E-state index contributed by atoms with van der Waals surface area (Å²) >= 11 is 0. The van der Waals surface area contributed by atoms with Gasteiger partial charge in [0.25, 0.3) is 0 Å². The molecule has 2 rings (SSSR count). The molecule has 0 spiro atoms. The third kappa shape index (κ3) is 3.53. The average molecular weight is 247 g/mol. The first kappa shape index (κ1) is 13.0. The summed E-state index contributed by atoms with van der Waals surface area (Å²) in [7, 11) is 0. The monoisotopic (exact) mass is 247 g/mol. The molecule has 0 bridgehead atoms. The van der Waals surface area contributed by atoms with Gasteiger partial charge in [0.15, 0.2) is 0 Å². The van der Waals surface area contributed by atoms with Crippen LogP contribution >= 0.6 is 0 Å². The van der Waals surface area contributed by atoms with E-state index >= 15 is 0 Å². The molecule has 1 saturated heterocycles. The Kier molecular flexibility index (Phi) is 4.70. The van der Waals surface area contributed by atoms with Crippen LogP contribution in [0.5, 0.6) is 0 Å². The van der Waals surface area contributed by atoms with Gasteiger partial charge in [0.2, 0.25) is 5.91 Å². The number of carbonyl (C=O) groups is 1. The number of carbonyl (C=O) groups excluding carboxylic acids is 1. The molecule has 0 atom stereocenters. The lowest BCUT2D eigenvalue weighted by atomic mass is 9.97. The van der Waals surface area contributed by atoms with E-state index in [1.807, 2.05) is 17.0 Å². The summed E-state index contributed by atoms with van der Waals surface area (Å²) < 4.78 is 0. The number of hydrogen-bond acceptors (Lipinski definition) is 3. The molecule has 1 amide bonds. The quantitative estimate of drug-likeness (QED) is 0.870. The highest BCUT2D eigenvalue weighted by Gasteiger charge is 2.21. The van der Waals surface area contributed by atoms with Crippen molar-refractivity contribution >= 4 is 5.91 Å². The van der Waals surface area contributed by atoms with Crippen LogP contribution in [0.25, 0.3) is 0 Å². The van der Waals surface area contributed by atoms with Gasteiger partial charge in [0, 0.05) is 31.9 Å². The predicted molar refractivity (Wildman–Crippen MR) is 70.9 cm³/mol. The van der Waals surface area contributed by atoms with Crippen LogP contribution < -0.4 is 5.73 Å². The maximum absolute atomic E-state index is 12.0. The van der Waals surface area contributed by atoms with Crippen molar-refractivity contribution in [2.24, 2.45) is 11.7 Å². The summed E-state index contributed by atoms with van der Waals surface area (Å²) in [5.41, 5.74) is 6.83. The van der Waals surface area contributed by atoms with Gasteiger partial charge in [0.05, 0.1) is 0 Å². The molecule has 1 aliphatic heterocycles. The van der Waals surface area contributed by atoms with E-state index in [1.54, 1.807) is 12.4 Å². The van der Waals surface area contributed by atoms with Crippen molar-refractivity contribution in [3.8, 4) is 0 Å². The van der Waals surface area contributed by atoms with Gasteiger partial charge in [-0.1, -0.05) is 0 Å². The van der Waals surface area contributed by atoms with Gasteiger partial charge >= 0.3 is 0 Å². The molecule has 4 nitrogen and oxygen atoms in total. The molecule has 0 radical (unpaired) electrons. The molecule has 98 valence electrons. The second-order valence-electron chi connectivity index (χ2n) is 4.92. The van der Waals surface area contributed by atoms with E-state index in [2.05, 4.69) is 4.98 Å². The first-order valence-corrected chi connectivity index (χ1v) is 6.66. The van der Waals surface area contributed by atoms with Gasteiger partial charge in [0.1, 0.15) is 0 Å². The minimum absolute atomic E-state index is 0.266. The maximum atomic E-state index is 12.0. The topological polar surface area (TPSA) is 59.2 Å². The van der Waals surface area contributed by atoms with Crippen LogP contribution in [-0.2, 0) is 11.2 Å². The van der Waals surface area contributed by atoms with Crippen LogP contribution in [0.3, 0.4) is 0 Å². The largest absolute Gasteiger partial charge is 0.343 e. The SMILES string of the molecule is NCC1CCN(C(=O)CCc2ccncc2)CC1. The molecule has 18 heavy (non-hydrogen) atoms. The molecule has 0 saturated carbocycles. The molecule has 0 unspecified atom stereocenters. The van der Waals surface area contributed by atoms with E-state index in [9.17, 15) is 4.79 Å². The minimum Gasteiger partial charge on any atom is -0.343 e. The number of amides is 1. The fraction of sp³-hybridized carbons (Fsp3) is 0.571. The van der Waals surface area contributed by atoms with Crippen molar-refractivity contribution in [1.82, 2.24) is 9.88 Å². The minimum atomic E-state index is 0.266. The zero-order chi connectivity index (χ0) is 12.8. The fourth-order valence-corrected chi connectivity index (χ4v) is 2.38. The van der Waals surface area contributed by atoms with Gasteiger partial charge in [-0.15, -0.1) is 0 Å². The first-order valence-electron chi connectivity index (χ1n) is 6.66. The van der Waals surface area contributed by atoms with Gasteiger partial charge in [-0.3, -0.25) is 9.78 Å². The Bertz CT molecular complexity index is 372. The predicted octanol–water partition coefficient (Wildman–Crippen LogP) is 1.21. The summed E-state index contributed by atoms with van der Waals surface area (Å²) in [6.45, 7) is 2.49. The van der Waals surface area contributed by atoms with Crippen LogP contribution in [0, 0.1) is 5.92 Å². The Labute approximate surface area is 108 Å². The third-order valence-corrected chi connectivity index (χ3v) is 3.68. The van der Waals surface area contributed by atoms with Gasteiger partial charge in [-0.25, -0.2) is 0 Å². The Hall–Kier alpha value is -1.42. The molecule has 2 N–H and O–H groups in total.